The van der Waals surface area contributed by atoms with Crippen molar-refractivity contribution in [2.75, 3.05) is 26.2 Å². The highest BCUT2D eigenvalue weighted by Gasteiger charge is 2.29. The summed E-state index contributed by atoms with van der Waals surface area (Å²) in [4.78, 5) is 26.0. The maximum atomic E-state index is 12.2. The van der Waals surface area contributed by atoms with E-state index in [9.17, 15) is 9.59 Å². The molecule has 1 saturated heterocycles. The van der Waals surface area contributed by atoms with Crippen molar-refractivity contribution in [2.24, 2.45) is 11.8 Å². The molecule has 1 aliphatic rings. The normalized spacial score (nSPS) is 23.6. The number of carboxylic acids is 1. The topological polar surface area (TPSA) is 60.9 Å². The lowest BCUT2D eigenvalue weighted by Gasteiger charge is -2.37. The highest BCUT2D eigenvalue weighted by molar-refractivity contribution is 5.80. The zero-order valence-electron chi connectivity index (χ0n) is 11.1. The molecule has 5 heteroatoms. The number of hydrogen-bond acceptors (Lipinski definition) is 2. The van der Waals surface area contributed by atoms with E-state index in [1.807, 2.05) is 0 Å². The van der Waals surface area contributed by atoms with E-state index in [1.54, 1.807) is 11.0 Å². The largest absolute Gasteiger partial charge is 0.480 e. The minimum Gasteiger partial charge on any atom is -0.480 e. The van der Waals surface area contributed by atoms with Gasteiger partial charge in [0.2, 0.25) is 0 Å². The van der Waals surface area contributed by atoms with Crippen LogP contribution in [0.25, 0.3) is 0 Å². The van der Waals surface area contributed by atoms with Gasteiger partial charge in [0.15, 0.2) is 0 Å². The molecular formula is C13H22N2O3. The van der Waals surface area contributed by atoms with Crippen LogP contribution in [0.3, 0.4) is 0 Å². The molecule has 0 aliphatic carbocycles. The van der Waals surface area contributed by atoms with Crippen LogP contribution in [0.4, 0.5) is 4.79 Å². The van der Waals surface area contributed by atoms with Crippen molar-refractivity contribution in [3.05, 3.63) is 12.7 Å². The summed E-state index contributed by atoms with van der Waals surface area (Å²) in [6, 6.07) is -0.198. The first kappa shape index (κ1) is 14.5. The van der Waals surface area contributed by atoms with Gasteiger partial charge in [-0.3, -0.25) is 4.79 Å². The summed E-state index contributed by atoms with van der Waals surface area (Å²) in [7, 11) is 0. The van der Waals surface area contributed by atoms with Crippen LogP contribution in [0.15, 0.2) is 12.7 Å². The number of urea groups is 1. The molecule has 2 atom stereocenters. The van der Waals surface area contributed by atoms with Crippen molar-refractivity contribution < 1.29 is 14.7 Å². The standard InChI is InChI=1S/C13H22N2O3/c1-4-6-14(9-12(16)17)13(18)15-7-5-10(2)11(3)8-15/h4,10-11H,1,5-9H2,2-3H3,(H,16,17). The molecule has 0 aromatic rings. The van der Waals surface area contributed by atoms with Gasteiger partial charge in [0.25, 0.3) is 0 Å². The summed E-state index contributed by atoms with van der Waals surface area (Å²) in [6.07, 6.45) is 2.53. The van der Waals surface area contributed by atoms with Crippen molar-refractivity contribution in [3.63, 3.8) is 0 Å². The molecule has 1 heterocycles. The van der Waals surface area contributed by atoms with Gasteiger partial charge in [-0.1, -0.05) is 19.9 Å². The van der Waals surface area contributed by atoms with Crippen molar-refractivity contribution in [2.45, 2.75) is 20.3 Å². The third-order valence-electron chi connectivity index (χ3n) is 3.55. The Bertz CT molecular complexity index is 330. The zero-order valence-corrected chi connectivity index (χ0v) is 11.1. The second-order valence-corrected chi connectivity index (χ2v) is 5.03. The summed E-state index contributed by atoms with van der Waals surface area (Å²) >= 11 is 0. The number of carbonyl (C=O) groups is 2. The summed E-state index contributed by atoms with van der Waals surface area (Å²) in [5, 5.41) is 8.81. The van der Waals surface area contributed by atoms with E-state index in [0.29, 0.717) is 24.9 Å². The van der Waals surface area contributed by atoms with Gasteiger partial charge in [-0.05, 0) is 18.3 Å². The smallest absolute Gasteiger partial charge is 0.323 e. The van der Waals surface area contributed by atoms with Crippen LogP contribution in [0.5, 0.6) is 0 Å². The molecule has 1 N–H and O–H groups in total. The van der Waals surface area contributed by atoms with E-state index in [4.69, 9.17) is 5.11 Å². The average Bonchev–Trinajstić information content (AvgIpc) is 2.31. The fourth-order valence-corrected chi connectivity index (χ4v) is 2.17. The number of nitrogens with zero attached hydrogens (tertiary/aromatic N) is 2. The van der Waals surface area contributed by atoms with Gasteiger partial charge in [-0.25, -0.2) is 4.79 Å². The minimum absolute atomic E-state index is 0.198. The van der Waals surface area contributed by atoms with Gasteiger partial charge in [0.05, 0.1) is 0 Å². The second kappa shape index (κ2) is 6.42. The quantitative estimate of drug-likeness (QED) is 0.776. The number of carboxylic acid groups (broad SMARTS) is 1. The fourth-order valence-electron chi connectivity index (χ4n) is 2.17. The van der Waals surface area contributed by atoms with E-state index in [2.05, 4.69) is 20.4 Å². The third-order valence-corrected chi connectivity index (χ3v) is 3.55. The predicted octanol–water partition coefficient (Wildman–Crippen LogP) is 1.66. The molecule has 0 aromatic carbocycles. The van der Waals surface area contributed by atoms with Crippen LogP contribution in [0.2, 0.25) is 0 Å². The van der Waals surface area contributed by atoms with E-state index in [0.717, 1.165) is 6.42 Å². The molecule has 2 amide bonds. The monoisotopic (exact) mass is 254 g/mol. The van der Waals surface area contributed by atoms with E-state index in [-0.39, 0.29) is 19.1 Å². The molecule has 18 heavy (non-hydrogen) atoms. The number of aliphatic carboxylic acids is 1. The molecule has 0 saturated carbocycles. The molecule has 2 unspecified atom stereocenters. The number of piperidine rings is 1. The van der Waals surface area contributed by atoms with Crippen molar-refractivity contribution >= 4 is 12.0 Å². The molecule has 5 nitrogen and oxygen atoms in total. The molecule has 102 valence electrons. The first-order chi connectivity index (χ1) is 8.45. The lowest BCUT2D eigenvalue weighted by molar-refractivity contribution is -0.137. The number of amides is 2. The molecule has 1 rings (SSSR count). The average molecular weight is 254 g/mol. The van der Waals surface area contributed by atoms with Crippen molar-refractivity contribution in [3.8, 4) is 0 Å². The Balaban J connectivity index is 2.64. The Morgan fingerprint density at radius 1 is 1.44 bits per heavy atom. The molecular weight excluding hydrogens is 232 g/mol. The number of rotatable bonds is 4. The maximum absolute atomic E-state index is 12.2. The van der Waals surface area contributed by atoms with Crippen LogP contribution in [0, 0.1) is 11.8 Å². The van der Waals surface area contributed by atoms with Gasteiger partial charge in [0.1, 0.15) is 6.54 Å². The zero-order chi connectivity index (χ0) is 13.7. The summed E-state index contributed by atoms with van der Waals surface area (Å²) in [5.41, 5.74) is 0. The van der Waals surface area contributed by atoms with E-state index >= 15 is 0 Å². The van der Waals surface area contributed by atoms with Crippen molar-refractivity contribution in [1.29, 1.82) is 0 Å². The third kappa shape index (κ3) is 3.75. The van der Waals surface area contributed by atoms with Crippen LogP contribution in [-0.2, 0) is 4.79 Å². The SMILES string of the molecule is C=CCN(CC(=O)O)C(=O)N1CCC(C)C(C)C1. The Morgan fingerprint density at radius 2 is 2.11 bits per heavy atom. The van der Waals surface area contributed by atoms with Crippen LogP contribution in [0.1, 0.15) is 20.3 Å². The number of likely N-dealkylation sites (tertiary alicyclic amines) is 1. The van der Waals surface area contributed by atoms with Gasteiger partial charge in [0, 0.05) is 19.6 Å². The minimum atomic E-state index is -0.997. The summed E-state index contributed by atoms with van der Waals surface area (Å²) in [5.74, 6) is 0.0723. The lowest BCUT2D eigenvalue weighted by atomic mass is 9.89. The Hall–Kier alpha value is -1.52. The lowest BCUT2D eigenvalue weighted by Crippen LogP contribution is -2.50. The second-order valence-electron chi connectivity index (χ2n) is 5.03. The first-order valence-electron chi connectivity index (χ1n) is 6.32. The fraction of sp³-hybridized carbons (Fsp3) is 0.692. The molecule has 0 aromatic heterocycles. The van der Waals surface area contributed by atoms with Gasteiger partial charge in [-0.15, -0.1) is 6.58 Å². The number of carbonyl (C=O) groups excluding carboxylic acids is 1. The predicted molar refractivity (Wildman–Crippen MR) is 69.3 cm³/mol. The van der Waals surface area contributed by atoms with Gasteiger partial charge < -0.3 is 14.9 Å². The maximum Gasteiger partial charge on any atom is 0.323 e. The Kier molecular flexibility index (Phi) is 5.19. The summed E-state index contributed by atoms with van der Waals surface area (Å²) < 4.78 is 0. The first-order valence-corrected chi connectivity index (χ1v) is 6.32. The Labute approximate surface area is 108 Å². The summed E-state index contributed by atoms with van der Waals surface area (Å²) in [6.45, 7) is 9.27. The van der Waals surface area contributed by atoms with Crippen LogP contribution >= 0.6 is 0 Å². The van der Waals surface area contributed by atoms with Crippen LogP contribution in [-0.4, -0.2) is 53.1 Å². The molecule has 1 fully saturated rings. The van der Waals surface area contributed by atoms with E-state index in [1.165, 1.54) is 4.90 Å². The molecule has 1 aliphatic heterocycles. The molecule has 0 spiro atoms. The van der Waals surface area contributed by atoms with E-state index < -0.39 is 5.97 Å². The number of hydrogen-bond donors (Lipinski definition) is 1. The highest BCUT2D eigenvalue weighted by Crippen LogP contribution is 2.23. The molecule has 0 bridgehead atoms. The van der Waals surface area contributed by atoms with Crippen LogP contribution < -0.4 is 0 Å². The molecule has 0 radical (unpaired) electrons. The van der Waals surface area contributed by atoms with Gasteiger partial charge >= 0.3 is 12.0 Å². The highest BCUT2D eigenvalue weighted by atomic mass is 16.4. The Morgan fingerprint density at radius 3 is 2.61 bits per heavy atom. The van der Waals surface area contributed by atoms with Gasteiger partial charge in [-0.2, -0.15) is 0 Å². The van der Waals surface area contributed by atoms with Crippen molar-refractivity contribution in [1.82, 2.24) is 9.80 Å².